The van der Waals surface area contributed by atoms with E-state index in [1.165, 1.54) is 14.2 Å². The van der Waals surface area contributed by atoms with E-state index in [1.54, 1.807) is 19.2 Å². The summed E-state index contributed by atoms with van der Waals surface area (Å²) in [6.07, 6.45) is 0.255. The Kier molecular flexibility index (Phi) is 5.76. The molecule has 1 aromatic rings. The molecule has 0 bridgehead atoms. The van der Waals surface area contributed by atoms with Gasteiger partial charge in [-0.2, -0.15) is 0 Å². The average Bonchev–Trinajstić information content (AvgIpc) is 2.39. The van der Waals surface area contributed by atoms with Crippen LogP contribution in [0.2, 0.25) is 5.02 Å². The number of hydrogen-bond donors (Lipinski definition) is 1. The smallest absolute Gasteiger partial charge is 0.307 e. The van der Waals surface area contributed by atoms with E-state index in [-0.39, 0.29) is 18.4 Å². The Balaban J connectivity index is 2.89. The molecule has 0 radical (unpaired) electrons. The second-order valence-electron chi connectivity index (χ2n) is 4.01. The first kappa shape index (κ1) is 15.4. The van der Waals surface area contributed by atoms with Gasteiger partial charge in [-0.3, -0.25) is 4.79 Å². The van der Waals surface area contributed by atoms with E-state index < -0.39 is 0 Å². The van der Waals surface area contributed by atoms with Crippen LogP contribution in [-0.4, -0.2) is 33.3 Å². The van der Waals surface area contributed by atoms with Crippen molar-refractivity contribution in [2.45, 2.75) is 19.4 Å². The van der Waals surface area contributed by atoms with Gasteiger partial charge in [-0.15, -0.1) is 0 Å². The summed E-state index contributed by atoms with van der Waals surface area (Å²) in [5, 5.41) is 3.63. The van der Waals surface area contributed by atoms with Crippen LogP contribution in [0.25, 0.3) is 0 Å². The SMILES string of the molecule is COC(=O)CC(C)Nc1cc(OC)c(Cl)cc1OC. The average molecular weight is 288 g/mol. The Morgan fingerprint density at radius 3 is 2.42 bits per heavy atom. The van der Waals surface area contributed by atoms with Crippen LogP contribution >= 0.6 is 11.6 Å². The van der Waals surface area contributed by atoms with Crippen molar-refractivity contribution in [2.24, 2.45) is 0 Å². The summed E-state index contributed by atoms with van der Waals surface area (Å²) in [4.78, 5) is 11.2. The van der Waals surface area contributed by atoms with Crippen molar-refractivity contribution in [2.75, 3.05) is 26.6 Å². The number of halogens is 1. The normalized spacial score (nSPS) is 11.6. The molecule has 1 unspecified atom stereocenters. The molecule has 1 rings (SSSR count). The lowest BCUT2D eigenvalue weighted by atomic mass is 10.2. The fourth-order valence-electron chi connectivity index (χ4n) is 1.62. The monoisotopic (exact) mass is 287 g/mol. The van der Waals surface area contributed by atoms with Crippen LogP contribution in [0.15, 0.2) is 12.1 Å². The predicted octanol–water partition coefficient (Wildman–Crippen LogP) is 2.72. The number of carbonyl (C=O) groups excluding carboxylic acids is 1. The molecule has 0 aliphatic rings. The molecule has 106 valence electrons. The Bertz CT molecular complexity index is 451. The maximum atomic E-state index is 11.2. The van der Waals surface area contributed by atoms with Gasteiger partial charge in [-0.05, 0) is 6.92 Å². The summed E-state index contributed by atoms with van der Waals surface area (Å²) < 4.78 is 15.0. The van der Waals surface area contributed by atoms with Gasteiger partial charge < -0.3 is 19.5 Å². The van der Waals surface area contributed by atoms with E-state index in [4.69, 9.17) is 21.1 Å². The first-order valence-electron chi connectivity index (χ1n) is 5.76. The third kappa shape index (κ3) is 4.21. The van der Waals surface area contributed by atoms with Crippen LogP contribution in [-0.2, 0) is 9.53 Å². The van der Waals surface area contributed by atoms with E-state index in [1.807, 2.05) is 6.92 Å². The number of esters is 1. The number of rotatable bonds is 6. The minimum Gasteiger partial charge on any atom is -0.495 e. The highest BCUT2D eigenvalue weighted by Crippen LogP contribution is 2.36. The van der Waals surface area contributed by atoms with E-state index in [0.29, 0.717) is 22.2 Å². The minimum atomic E-state index is -0.278. The minimum absolute atomic E-state index is 0.104. The number of nitrogens with one attached hydrogen (secondary N) is 1. The fourth-order valence-corrected chi connectivity index (χ4v) is 1.85. The number of hydrogen-bond acceptors (Lipinski definition) is 5. The van der Waals surface area contributed by atoms with Gasteiger partial charge in [0.2, 0.25) is 0 Å². The van der Waals surface area contributed by atoms with Crippen LogP contribution in [0.5, 0.6) is 11.5 Å². The Hall–Kier alpha value is -1.62. The maximum Gasteiger partial charge on any atom is 0.307 e. The molecular formula is C13H18ClNO4. The van der Waals surface area contributed by atoms with Gasteiger partial charge in [-0.25, -0.2) is 0 Å². The molecule has 19 heavy (non-hydrogen) atoms. The molecule has 1 atom stereocenters. The lowest BCUT2D eigenvalue weighted by Gasteiger charge is -2.18. The van der Waals surface area contributed by atoms with Gasteiger partial charge in [-0.1, -0.05) is 11.6 Å². The van der Waals surface area contributed by atoms with Crippen molar-refractivity contribution >= 4 is 23.3 Å². The summed E-state index contributed by atoms with van der Waals surface area (Å²) >= 11 is 6.02. The lowest BCUT2D eigenvalue weighted by Crippen LogP contribution is -2.20. The third-order valence-corrected chi connectivity index (χ3v) is 2.87. The molecule has 0 aliphatic heterocycles. The molecule has 6 heteroatoms. The van der Waals surface area contributed by atoms with Crippen molar-refractivity contribution < 1.29 is 19.0 Å². The topological polar surface area (TPSA) is 56.8 Å². The fraction of sp³-hybridized carbons (Fsp3) is 0.462. The number of anilines is 1. The van der Waals surface area contributed by atoms with Gasteiger partial charge in [0.1, 0.15) is 11.5 Å². The molecular weight excluding hydrogens is 270 g/mol. The zero-order valence-electron chi connectivity index (χ0n) is 11.5. The molecule has 0 aromatic heterocycles. The maximum absolute atomic E-state index is 11.2. The molecule has 1 N–H and O–H groups in total. The zero-order chi connectivity index (χ0) is 14.4. The summed E-state index contributed by atoms with van der Waals surface area (Å²) in [6.45, 7) is 1.87. The van der Waals surface area contributed by atoms with Gasteiger partial charge in [0.05, 0.1) is 38.5 Å². The lowest BCUT2D eigenvalue weighted by molar-refractivity contribution is -0.140. The number of carbonyl (C=O) groups is 1. The molecule has 0 fully saturated rings. The molecule has 0 heterocycles. The standard InChI is InChI=1S/C13H18ClNO4/c1-8(5-13(16)19-4)15-10-7-11(17-2)9(14)6-12(10)18-3/h6-8,15H,5H2,1-4H3. The highest BCUT2D eigenvalue weighted by atomic mass is 35.5. The van der Waals surface area contributed by atoms with E-state index in [2.05, 4.69) is 10.1 Å². The van der Waals surface area contributed by atoms with Crippen molar-refractivity contribution in [3.8, 4) is 11.5 Å². The molecule has 0 spiro atoms. The first-order valence-corrected chi connectivity index (χ1v) is 6.14. The number of ether oxygens (including phenoxy) is 3. The van der Waals surface area contributed by atoms with Crippen molar-refractivity contribution in [3.63, 3.8) is 0 Å². The van der Waals surface area contributed by atoms with Crippen LogP contribution in [0.4, 0.5) is 5.69 Å². The second-order valence-corrected chi connectivity index (χ2v) is 4.42. The van der Waals surface area contributed by atoms with E-state index in [9.17, 15) is 4.79 Å². The van der Waals surface area contributed by atoms with Gasteiger partial charge in [0.25, 0.3) is 0 Å². The summed E-state index contributed by atoms with van der Waals surface area (Å²) in [6, 6.07) is 3.29. The van der Waals surface area contributed by atoms with Crippen LogP contribution in [0.1, 0.15) is 13.3 Å². The van der Waals surface area contributed by atoms with Crippen LogP contribution in [0, 0.1) is 0 Å². The van der Waals surface area contributed by atoms with Crippen molar-refractivity contribution in [3.05, 3.63) is 17.2 Å². The molecule has 5 nitrogen and oxygen atoms in total. The van der Waals surface area contributed by atoms with Crippen LogP contribution < -0.4 is 14.8 Å². The van der Waals surface area contributed by atoms with Gasteiger partial charge in [0, 0.05) is 18.2 Å². The highest BCUT2D eigenvalue weighted by molar-refractivity contribution is 6.32. The zero-order valence-corrected chi connectivity index (χ0v) is 12.2. The Morgan fingerprint density at radius 1 is 1.26 bits per heavy atom. The first-order chi connectivity index (χ1) is 9.01. The summed E-state index contributed by atoms with van der Waals surface area (Å²) in [5.41, 5.74) is 0.708. The number of benzene rings is 1. The molecule has 0 aliphatic carbocycles. The van der Waals surface area contributed by atoms with Crippen LogP contribution in [0.3, 0.4) is 0 Å². The molecule has 1 aromatic carbocycles. The molecule has 0 amide bonds. The Labute approximate surface area is 117 Å². The third-order valence-electron chi connectivity index (χ3n) is 2.58. The van der Waals surface area contributed by atoms with E-state index in [0.717, 1.165) is 0 Å². The highest BCUT2D eigenvalue weighted by Gasteiger charge is 2.14. The van der Waals surface area contributed by atoms with Gasteiger partial charge in [0.15, 0.2) is 0 Å². The quantitative estimate of drug-likeness (QED) is 0.815. The van der Waals surface area contributed by atoms with Crippen molar-refractivity contribution in [1.82, 2.24) is 0 Å². The van der Waals surface area contributed by atoms with Gasteiger partial charge >= 0.3 is 5.97 Å². The van der Waals surface area contributed by atoms with Crippen molar-refractivity contribution in [1.29, 1.82) is 0 Å². The predicted molar refractivity (Wildman–Crippen MR) is 74.3 cm³/mol. The van der Waals surface area contributed by atoms with E-state index >= 15 is 0 Å². The Morgan fingerprint density at radius 2 is 1.89 bits per heavy atom. The summed E-state index contributed by atoms with van der Waals surface area (Å²) in [5.74, 6) is 0.845. The molecule has 0 saturated carbocycles. The molecule has 0 saturated heterocycles. The summed E-state index contributed by atoms with van der Waals surface area (Å²) in [7, 11) is 4.45. The second kappa shape index (κ2) is 7.09. The largest absolute Gasteiger partial charge is 0.495 e. The number of methoxy groups -OCH3 is 3.